The van der Waals surface area contributed by atoms with Crippen LogP contribution in [0.3, 0.4) is 0 Å². The Labute approximate surface area is 737 Å². The summed E-state index contributed by atoms with van der Waals surface area (Å²) >= 11 is 0. The number of nitrogens with zero attached hydrogens (tertiary/aromatic N) is 3. The van der Waals surface area contributed by atoms with E-state index >= 15 is 43.2 Å². The van der Waals surface area contributed by atoms with Gasteiger partial charge in [0.25, 0.3) is 5.91 Å². The van der Waals surface area contributed by atoms with Gasteiger partial charge in [-0.25, -0.2) is 14.2 Å². The number of unbranched alkanes of at least 4 members (excludes halogenated alkanes) is 1. The van der Waals surface area contributed by atoms with Gasteiger partial charge in [-0.3, -0.25) is 52.7 Å². The summed E-state index contributed by atoms with van der Waals surface area (Å²) in [6, 6.07) is 6.10. The Hall–Kier alpha value is -10.00. The number of alkyl carbamates (subject to hydrolysis) is 1. The fourth-order valence-corrected chi connectivity index (χ4v) is 22.1. The van der Waals surface area contributed by atoms with Crippen molar-refractivity contribution in [2.75, 3.05) is 44.9 Å². The number of aromatic nitrogens is 1. The first-order chi connectivity index (χ1) is 59.7. The molecule has 34 heteroatoms. The number of fused-ring (bicyclic) bond motifs is 6. The lowest BCUT2D eigenvalue weighted by atomic mass is 9.49. The lowest BCUT2D eigenvalue weighted by Crippen LogP contribution is -2.62. The van der Waals surface area contributed by atoms with Crippen LogP contribution in [0.15, 0.2) is 133 Å². The molecule has 0 bridgehead atoms. The summed E-state index contributed by atoms with van der Waals surface area (Å²) < 4.78 is 19.6. The highest BCUT2D eigenvalue weighted by atomic mass is 33.1. The normalized spacial score (nSPS) is 30.0. The molecule has 21 atom stereocenters. The van der Waals surface area contributed by atoms with Crippen molar-refractivity contribution in [3.8, 4) is 0 Å². The van der Waals surface area contributed by atoms with Crippen LogP contribution >= 0.6 is 21.6 Å². The molecule has 2 aromatic carbocycles. The number of benzene rings is 2. The quantitative estimate of drug-likeness (QED) is 0.0250. The van der Waals surface area contributed by atoms with Crippen molar-refractivity contribution in [1.82, 2.24) is 63.0 Å². The molecule has 6 fully saturated rings. The van der Waals surface area contributed by atoms with E-state index in [4.69, 9.17) is 14.2 Å². The number of carbonyl (C=O) groups is 13. The fourth-order valence-electron chi connectivity index (χ4n) is 19.8. The van der Waals surface area contributed by atoms with Gasteiger partial charge in [0.1, 0.15) is 79.2 Å². The Morgan fingerprint density at radius 1 is 0.720 bits per heavy atom. The van der Waals surface area contributed by atoms with Gasteiger partial charge in [-0.1, -0.05) is 119 Å². The van der Waals surface area contributed by atoms with Crippen molar-refractivity contribution in [3.05, 3.63) is 150 Å². The van der Waals surface area contributed by atoms with Crippen molar-refractivity contribution < 1.29 is 96.4 Å². The summed E-state index contributed by atoms with van der Waals surface area (Å²) in [7, 11) is 5.06. The van der Waals surface area contributed by atoms with Gasteiger partial charge in [0.2, 0.25) is 53.2 Å². The van der Waals surface area contributed by atoms with Crippen LogP contribution in [0, 0.1) is 35.0 Å². The third kappa shape index (κ3) is 22.9. The number of rotatable bonds is 25. The number of hydrogen-bond donors (Lipinski definition) is 13. The number of amides is 11. The van der Waals surface area contributed by atoms with Crippen molar-refractivity contribution in [2.45, 2.75) is 247 Å². The largest absolute Gasteiger partial charge is 0.461 e. The number of likely N-dealkylation sites (tertiary alicyclic amines) is 2. The number of pyridine rings is 1. The SMILES string of the molecule is CO[C@@]1(C(=O)OCC(NC(=O)C2CSSCC(NC(=O)C(Cc3ccccc3)NC(=O)C3CCCN3C(=O)C3CCCN3C(=O)c3ccc[n+](C)c3)C(=O)NC(Cc3ccccc3)C(=O)NC(CC3=CNC4C=CC=CC34)C(=O)NC(CCCCNC(=O)OC(C)(C)C)C(=O)NC(C(C)O)C(=O)N2)C(C)O)CCC2C3CCC4=CC(=O)CCC4C3C(O)CC21C. The average molecular weight is 1770 g/mol. The van der Waals surface area contributed by atoms with Crippen LogP contribution in [-0.4, -0.2) is 243 Å². The zero-order valence-electron chi connectivity index (χ0n) is 72.3. The Morgan fingerprint density at radius 3 is 2.10 bits per heavy atom. The van der Waals surface area contributed by atoms with Crippen molar-refractivity contribution in [2.24, 2.45) is 42.1 Å². The molecule has 11 amide bonds. The van der Waals surface area contributed by atoms with Gasteiger partial charge in [0, 0.05) is 74.9 Å². The fraction of sp³-hybridized carbons (Fsp3) is 0.582. The standard InChI is InChI=1S/C91H121N13O19S2/c1-52(105)69(49-122-87(119)91(121-8)37-36-63-62-34-32-56-44-59(107)33-35-61(56)75(62)74(108)46-90(63,91)6)98-82(114)71-51-125-124-50-70(99-79(111)67(43-55-24-13-10-14-25-55)97-83(115)72-30-20-40-103(72)86(118)73-31-21-41-104(73)85(117)57-26-19-39-102(7)48-57)81(113)95-66(42-54-22-11-9-12-23-54)78(110)96-68(45-58-47-93-64-28-16-15-27-60(58)64)80(112)94-65(77(109)101-76(53(2)106)84(116)100-71)29-17-18-38-92-88(120)123-89(3,4)5/h9-16,19,22-28,39,44,47-48,52-53,60-76,93,105-106,108H,17-18,20-21,29-38,40-43,45-46,49-51H2,1-8H3,(H8-,92,94,95,96,97,98,99,100,101,109,110,111,112,113,114,115,116,120)/p+1/t52?,53?,60?,61?,62?,63?,64?,65?,66?,67?,68?,69?,70?,71?,72?,73?,74?,75?,76?,90?,91-/m1/s1. The van der Waals surface area contributed by atoms with Crippen LogP contribution in [0.2, 0.25) is 0 Å². The summed E-state index contributed by atoms with van der Waals surface area (Å²) in [6.07, 6.45) is 14.5. The number of esters is 1. The molecule has 4 aliphatic heterocycles. The third-order valence-electron chi connectivity index (χ3n) is 26.2. The first-order valence-electron chi connectivity index (χ1n) is 43.8. The molecule has 5 heterocycles. The predicted molar refractivity (Wildman–Crippen MR) is 464 cm³/mol. The van der Waals surface area contributed by atoms with Gasteiger partial charge in [0.15, 0.2) is 23.8 Å². The highest BCUT2D eigenvalue weighted by molar-refractivity contribution is 8.76. The summed E-state index contributed by atoms with van der Waals surface area (Å²) in [6.45, 7) is 9.55. The van der Waals surface area contributed by atoms with E-state index in [1.54, 1.807) is 130 Å². The van der Waals surface area contributed by atoms with E-state index in [-0.39, 0.29) is 124 Å². The van der Waals surface area contributed by atoms with Crippen LogP contribution in [-0.2, 0) is 86.8 Å². The van der Waals surface area contributed by atoms with Crippen molar-refractivity contribution in [1.29, 1.82) is 0 Å². The second-order valence-corrected chi connectivity index (χ2v) is 38.5. The molecule has 125 heavy (non-hydrogen) atoms. The summed E-state index contributed by atoms with van der Waals surface area (Å²) in [5, 5.41) is 63.8. The minimum Gasteiger partial charge on any atom is -0.461 e. The second-order valence-electron chi connectivity index (χ2n) is 35.9. The van der Waals surface area contributed by atoms with Crippen molar-refractivity contribution >= 4 is 98.5 Å². The van der Waals surface area contributed by atoms with E-state index in [9.17, 15) is 34.5 Å². The molecular weight excluding hydrogens is 1640 g/mol. The topological polar surface area (TPSA) is 441 Å². The number of aryl methyl sites for hydroxylation is 1. The molecule has 12 rings (SSSR count). The number of allylic oxidation sites excluding steroid dienone is 3. The monoisotopic (exact) mass is 1760 g/mol. The lowest BCUT2D eigenvalue weighted by molar-refractivity contribution is -0.671. The van der Waals surface area contributed by atoms with E-state index < -0.39 is 173 Å². The van der Waals surface area contributed by atoms with E-state index in [0.717, 1.165) is 27.2 Å². The number of aliphatic hydroxyl groups excluding tert-OH is 3. The molecule has 3 saturated heterocycles. The van der Waals surface area contributed by atoms with Crippen LogP contribution < -0.4 is 57.7 Å². The molecule has 9 aliphatic rings. The molecule has 5 aliphatic carbocycles. The van der Waals surface area contributed by atoms with Gasteiger partial charge in [-0.15, -0.1) is 0 Å². The zero-order chi connectivity index (χ0) is 89.6. The van der Waals surface area contributed by atoms with Crippen LogP contribution in [0.25, 0.3) is 0 Å². The maximum Gasteiger partial charge on any atom is 0.407 e. The smallest absolute Gasteiger partial charge is 0.407 e. The molecule has 676 valence electrons. The third-order valence-corrected chi connectivity index (χ3v) is 28.7. The summed E-state index contributed by atoms with van der Waals surface area (Å²) in [4.78, 5) is 195. The maximum atomic E-state index is 15.8. The van der Waals surface area contributed by atoms with E-state index in [0.29, 0.717) is 80.2 Å². The first-order valence-corrected chi connectivity index (χ1v) is 46.3. The molecule has 0 radical (unpaired) electrons. The van der Waals surface area contributed by atoms with Gasteiger partial charge in [-0.2, -0.15) is 0 Å². The van der Waals surface area contributed by atoms with E-state index in [2.05, 4.69) is 53.2 Å². The average Bonchev–Trinajstić information content (AvgIpc) is 1.57. The molecule has 20 unspecified atom stereocenters. The second kappa shape index (κ2) is 42.1. The van der Waals surface area contributed by atoms with Gasteiger partial charge in [-0.05, 0) is 183 Å². The number of ketones is 1. The number of carbonyl (C=O) groups excluding carboxylic acids is 13. The predicted octanol–water partition coefficient (Wildman–Crippen LogP) is 3.35. The highest BCUT2D eigenvalue weighted by Crippen LogP contribution is 2.66. The van der Waals surface area contributed by atoms with Crippen LogP contribution in [0.4, 0.5) is 4.79 Å². The van der Waals surface area contributed by atoms with Crippen molar-refractivity contribution in [3.63, 3.8) is 0 Å². The number of methoxy groups -OCH3 is 1. The van der Waals surface area contributed by atoms with Crippen LogP contribution in [0.5, 0.6) is 0 Å². The lowest BCUT2D eigenvalue weighted by Gasteiger charge is -2.57. The molecule has 3 saturated carbocycles. The highest BCUT2D eigenvalue weighted by Gasteiger charge is 2.69. The van der Waals surface area contributed by atoms with Gasteiger partial charge < -0.3 is 92.5 Å². The number of ether oxygens (including phenoxy) is 3. The summed E-state index contributed by atoms with van der Waals surface area (Å²) in [5.74, 6) is -9.98. The molecule has 0 spiro atoms. The number of hydrogen-bond acceptors (Lipinski definition) is 22. The van der Waals surface area contributed by atoms with Crippen LogP contribution in [0.1, 0.15) is 159 Å². The molecule has 1 aromatic heterocycles. The Morgan fingerprint density at radius 2 is 1.39 bits per heavy atom. The Kier molecular flexibility index (Phi) is 31.7. The minimum absolute atomic E-state index is 0.0102. The van der Waals surface area contributed by atoms with Gasteiger partial charge in [0.05, 0.1) is 30.4 Å². The Balaban J connectivity index is 0.852. The molecular formula is C91H122N13O19S2+. The molecule has 13 N–H and O–H groups in total. The summed E-state index contributed by atoms with van der Waals surface area (Å²) in [5.41, 5.74) is -0.0671. The van der Waals surface area contributed by atoms with E-state index in [1.807, 2.05) is 31.2 Å². The van der Waals surface area contributed by atoms with E-state index in [1.165, 1.54) is 30.8 Å². The Bertz CT molecular complexity index is 4580. The molecule has 3 aromatic rings. The number of aliphatic hydroxyl groups is 3. The molecule has 32 nitrogen and oxygen atoms in total. The maximum absolute atomic E-state index is 15.8. The first kappa shape index (κ1) is 94.1. The number of nitrogens with one attached hydrogen (secondary N) is 10. The zero-order valence-corrected chi connectivity index (χ0v) is 73.9. The minimum atomic E-state index is -1.87. The van der Waals surface area contributed by atoms with Gasteiger partial charge >= 0.3 is 12.1 Å².